The van der Waals surface area contributed by atoms with Gasteiger partial charge in [0, 0.05) is 28.9 Å². The second-order valence-corrected chi connectivity index (χ2v) is 7.35. The molecule has 1 heterocycles. The summed E-state index contributed by atoms with van der Waals surface area (Å²) < 4.78 is 1.29. The molecular weight excluding hydrogens is 416 g/mol. The van der Waals surface area contributed by atoms with E-state index in [1.165, 1.54) is 16.8 Å². The van der Waals surface area contributed by atoms with E-state index in [0.717, 1.165) is 5.56 Å². The van der Waals surface area contributed by atoms with Gasteiger partial charge in [0.05, 0.1) is 5.69 Å². The van der Waals surface area contributed by atoms with Crippen LogP contribution >= 0.6 is 0 Å². The molecule has 7 nitrogen and oxygen atoms in total. The third-order valence-electron chi connectivity index (χ3n) is 5.22. The Morgan fingerprint density at radius 1 is 0.879 bits per heavy atom. The second-order valence-electron chi connectivity index (χ2n) is 7.35. The van der Waals surface area contributed by atoms with Crippen LogP contribution in [0, 0.1) is 0 Å². The van der Waals surface area contributed by atoms with Crippen LogP contribution in [0.4, 0.5) is 5.69 Å². The number of primary amides is 1. The zero-order valence-electron chi connectivity index (χ0n) is 18.0. The molecular formula is C26H22N4O3. The number of benzene rings is 3. The van der Waals surface area contributed by atoms with Gasteiger partial charge in [-0.1, -0.05) is 60.7 Å². The third-order valence-corrected chi connectivity index (χ3v) is 5.22. The van der Waals surface area contributed by atoms with Gasteiger partial charge in [-0.3, -0.25) is 14.4 Å². The molecule has 0 atom stereocenters. The van der Waals surface area contributed by atoms with E-state index in [4.69, 9.17) is 5.73 Å². The van der Waals surface area contributed by atoms with Crippen molar-refractivity contribution in [2.75, 3.05) is 5.32 Å². The first-order chi connectivity index (χ1) is 16.0. The van der Waals surface area contributed by atoms with Crippen LogP contribution in [0.2, 0.25) is 0 Å². The largest absolute Gasteiger partial charge is 0.366 e. The minimum Gasteiger partial charge on any atom is -0.366 e. The second kappa shape index (κ2) is 9.32. The maximum atomic E-state index is 13.5. The number of hydrogen-bond acceptors (Lipinski definition) is 4. The smallest absolute Gasteiger partial charge is 0.280 e. The van der Waals surface area contributed by atoms with Crippen molar-refractivity contribution in [1.29, 1.82) is 0 Å². The number of amides is 2. The molecule has 0 bridgehead atoms. The molecule has 33 heavy (non-hydrogen) atoms. The number of aryl methyl sites for hydroxylation is 1. The van der Waals surface area contributed by atoms with Gasteiger partial charge >= 0.3 is 0 Å². The van der Waals surface area contributed by atoms with E-state index in [1.54, 1.807) is 19.1 Å². The highest BCUT2D eigenvalue weighted by Crippen LogP contribution is 2.32. The number of nitrogens with one attached hydrogen (secondary N) is 1. The number of nitrogens with zero attached hydrogens (tertiary/aromatic N) is 2. The Hall–Kier alpha value is -4.52. The lowest BCUT2D eigenvalue weighted by Gasteiger charge is -2.17. The molecule has 164 valence electrons. The van der Waals surface area contributed by atoms with Gasteiger partial charge in [-0.2, -0.15) is 5.10 Å². The molecule has 4 aromatic rings. The van der Waals surface area contributed by atoms with Crippen molar-refractivity contribution >= 4 is 17.5 Å². The van der Waals surface area contributed by atoms with Crippen molar-refractivity contribution in [2.24, 2.45) is 5.73 Å². The van der Waals surface area contributed by atoms with Crippen LogP contribution in [0.3, 0.4) is 0 Å². The Balaban J connectivity index is 1.91. The summed E-state index contributed by atoms with van der Waals surface area (Å²) in [6.07, 6.45) is 0. The van der Waals surface area contributed by atoms with Gasteiger partial charge in [-0.05, 0) is 36.8 Å². The molecule has 0 unspecified atom stereocenters. The molecule has 0 aliphatic heterocycles. The fourth-order valence-corrected chi connectivity index (χ4v) is 3.59. The monoisotopic (exact) mass is 438 g/mol. The van der Waals surface area contributed by atoms with Gasteiger partial charge in [-0.25, -0.2) is 4.68 Å². The minimum atomic E-state index is -0.563. The maximum Gasteiger partial charge on any atom is 0.280 e. The normalized spacial score (nSPS) is 10.6. The van der Waals surface area contributed by atoms with Crippen molar-refractivity contribution in [3.05, 3.63) is 106 Å². The van der Waals surface area contributed by atoms with Crippen LogP contribution in [0.25, 0.3) is 22.4 Å². The number of carbonyl (C=O) groups excluding carboxylic acids is 2. The zero-order chi connectivity index (χ0) is 23.4. The van der Waals surface area contributed by atoms with Crippen LogP contribution in [0.1, 0.15) is 27.6 Å². The number of anilines is 1. The van der Waals surface area contributed by atoms with Gasteiger partial charge in [0.25, 0.3) is 11.5 Å². The van der Waals surface area contributed by atoms with Gasteiger partial charge in [0.15, 0.2) is 0 Å². The lowest BCUT2D eigenvalue weighted by atomic mass is 9.95. The first kappa shape index (κ1) is 21.7. The first-order valence-electron chi connectivity index (χ1n) is 10.5. The average molecular weight is 438 g/mol. The van der Waals surface area contributed by atoms with Gasteiger partial charge < -0.3 is 11.1 Å². The standard InChI is InChI=1S/C26H22N4O3/c1-2-30-26(33)22(25(32)28-20-15-13-19(14-16-20)24(27)31)21(17-9-5-3-6-10-17)23(29-30)18-11-7-4-8-12-18/h3-16H,2H2,1H3,(H2,27,31)(H,28,32). The molecule has 1 aromatic heterocycles. The Morgan fingerprint density at radius 3 is 2.00 bits per heavy atom. The third kappa shape index (κ3) is 4.43. The predicted molar refractivity (Wildman–Crippen MR) is 128 cm³/mol. The summed E-state index contributed by atoms with van der Waals surface area (Å²) in [5, 5.41) is 7.36. The van der Waals surface area contributed by atoms with Crippen LogP contribution in [0.5, 0.6) is 0 Å². The van der Waals surface area contributed by atoms with E-state index in [2.05, 4.69) is 10.4 Å². The summed E-state index contributed by atoms with van der Waals surface area (Å²) in [7, 11) is 0. The Morgan fingerprint density at radius 2 is 1.45 bits per heavy atom. The summed E-state index contributed by atoms with van der Waals surface area (Å²) in [5.74, 6) is -1.13. The molecule has 2 amide bonds. The number of carbonyl (C=O) groups is 2. The van der Waals surface area contributed by atoms with Crippen LogP contribution in [0.15, 0.2) is 89.7 Å². The minimum absolute atomic E-state index is 0.00381. The molecule has 0 aliphatic rings. The highest BCUT2D eigenvalue weighted by atomic mass is 16.2. The summed E-state index contributed by atoms with van der Waals surface area (Å²) >= 11 is 0. The van der Waals surface area contributed by atoms with E-state index in [0.29, 0.717) is 34.6 Å². The molecule has 0 fully saturated rings. The molecule has 7 heteroatoms. The maximum absolute atomic E-state index is 13.5. The fourth-order valence-electron chi connectivity index (χ4n) is 3.59. The molecule has 3 aromatic carbocycles. The molecule has 4 rings (SSSR count). The molecule has 0 saturated heterocycles. The van der Waals surface area contributed by atoms with Gasteiger partial charge in [0.1, 0.15) is 5.56 Å². The molecule has 0 spiro atoms. The fraction of sp³-hybridized carbons (Fsp3) is 0.0769. The lowest BCUT2D eigenvalue weighted by Crippen LogP contribution is -2.32. The Bertz CT molecular complexity index is 1360. The Kier molecular flexibility index (Phi) is 6.13. The molecule has 0 aliphatic carbocycles. The first-order valence-corrected chi connectivity index (χ1v) is 10.5. The predicted octanol–water partition coefficient (Wildman–Crippen LogP) is 3.95. The van der Waals surface area contributed by atoms with Crippen LogP contribution < -0.4 is 16.6 Å². The van der Waals surface area contributed by atoms with Gasteiger partial charge in [0.2, 0.25) is 5.91 Å². The summed E-state index contributed by atoms with van der Waals surface area (Å²) in [5.41, 5.74) is 8.05. The van der Waals surface area contributed by atoms with Crippen molar-refractivity contribution in [1.82, 2.24) is 9.78 Å². The van der Waals surface area contributed by atoms with Crippen molar-refractivity contribution < 1.29 is 9.59 Å². The van der Waals surface area contributed by atoms with Crippen molar-refractivity contribution in [2.45, 2.75) is 13.5 Å². The SMILES string of the molecule is CCn1nc(-c2ccccc2)c(-c2ccccc2)c(C(=O)Nc2ccc(C(N)=O)cc2)c1=O. The quantitative estimate of drug-likeness (QED) is 0.475. The highest BCUT2D eigenvalue weighted by Gasteiger charge is 2.25. The lowest BCUT2D eigenvalue weighted by molar-refractivity contribution is 0.0998. The van der Waals surface area contributed by atoms with E-state index >= 15 is 0 Å². The molecule has 3 N–H and O–H groups in total. The van der Waals surface area contributed by atoms with Crippen molar-refractivity contribution in [3.8, 4) is 22.4 Å². The number of aromatic nitrogens is 2. The van der Waals surface area contributed by atoms with E-state index < -0.39 is 17.4 Å². The molecule has 0 saturated carbocycles. The van der Waals surface area contributed by atoms with E-state index in [1.807, 2.05) is 60.7 Å². The zero-order valence-corrected chi connectivity index (χ0v) is 18.0. The number of rotatable bonds is 6. The topological polar surface area (TPSA) is 107 Å². The Labute approximate surface area is 190 Å². The van der Waals surface area contributed by atoms with E-state index in [9.17, 15) is 14.4 Å². The van der Waals surface area contributed by atoms with Crippen molar-refractivity contribution in [3.63, 3.8) is 0 Å². The van der Waals surface area contributed by atoms with E-state index in [-0.39, 0.29) is 5.56 Å². The van der Waals surface area contributed by atoms with Crippen LogP contribution in [-0.2, 0) is 6.54 Å². The molecule has 0 radical (unpaired) electrons. The number of nitrogens with two attached hydrogens (primary N) is 1. The summed E-state index contributed by atoms with van der Waals surface area (Å²) in [6, 6.07) is 24.9. The summed E-state index contributed by atoms with van der Waals surface area (Å²) in [6.45, 7) is 2.11. The average Bonchev–Trinajstić information content (AvgIpc) is 2.85. The number of hydrogen-bond donors (Lipinski definition) is 2. The van der Waals surface area contributed by atoms with Gasteiger partial charge in [-0.15, -0.1) is 0 Å². The highest BCUT2D eigenvalue weighted by molar-refractivity contribution is 6.10. The summed E-state index contributed by atoms with van der Waals surface area (Å²) in [4.78, 5) is 38.1. The van der Waals surface area contributed by atoms with Crippen LogP contribution in [-0.4, -0.2) is 21.6 Å².